The van der Waals surface area contributed by atoms with Crippen LogP contribution in [-0.4, -0.2) is 35.3 Å². The zero-order chi connectivity index (χ0) is 17.6. The van der Waals surface area contributed by atoms with Gasteiger partial charge in [-0.25, -0.2) is 0 Å². The van der Waals surface area contributed by atoms with Gasteiger partial charge in [0.05, 0.1) is 5.56 Å². The number of aliphatic hydroxyl groups is 1. The Morgan fingerprint density at radius 3 is 2.50 bits per heavy atom. The zero-order valence-corrected chi connectivity index (χ0v) is 12.5. The number of nitrogens with zero attached hydrogens (tertiary/aromatic N) is 1. The van der Waals surface area contributed by atoms with Gasteiger partial charge in [0.1, 0.15) is 24.2 Å². The smallest absolute Gasteiger partial charge is 0.416 e. The number of halogens is 3. The van der Waals surface area contributed by atoms with Crippen molar-refractivity contribution in [3.05, 3.63) is 59.9 Å². The molecule has 2 N–H and O–H groups in total. The molecule has 1 unspecified atom stereocenters. The number of benzene rings is 1. The van der Waals surface area contributed by atoms with Crippen LogP contribution in [0.15, 0.2) is 48.7 Å². The number of hydrogen-bond acceptors (Lipinski definition) is 4. The maximum atomic E-state index is 12.4. The highest BCUT2D eigenvalue weighted by Gasteiger charge is 2.30. The van der Waals surface area contributed by atoms with Crippen molar-refractivity contribution in [2.45, 2.75) is 12.3 Å². The molecule has 0 bridgehead atoms. The number of aromatic nitrogens is 1. The second-order valence-corrected chi connectivity index (χ2v) is 4.91. The molecule has 0 aliphatic carbocycles. The maximum absolute atomic E-state index is 12.4. The molecule has 0 aliphatic heterocycles. The van der Waals surface area contributed by atoms with Crippen LogP contribution in [0.2, 0.25) is 0 Å². The van der Waals surface area contributed by atoms with Crippen molar-refractivity contribution in [2.24, 2.45) is 0 Å². The molecule has 1 amide bonds. The van der Waals surface area contributed by atoms with E-state index < -0.39 is 23.8 Å². The van der Waals surface area contributed by atoms with Gasteiger partial charge in [-0.3, -0.25) is 9.78 Å². The largest absolute Gasteiger partial charge is 0.491 e. The van der Waals surface area contributed by atoms with E-state index in [4.69, 9.17) is 4.74 Å². The molecule has 24 heavy (non-hydrogen) atoms. The predicted octanol–water partition coefficient (Wildman–Crippen LogP) is 2.27. The first kappa shape index (κ1) is 17.7. The van der Waals surface area contributed by atoms with Crippen LogP contribution in [0.1, 0.15) is 16.1 Å². The van der Waals surface area contributed by atoms with Crippen LogP contribution in [0, 0.1) is 0 Å². The number of pyridine rings is 1. The average Bonchev–Trinajstić information content (AvgIpc) is 2.58. The third-order valence-electron chi connectivity index (χ3n) is 3.02. The fourth-order valence-electron chi connectivity index (χ4n) is 1.79. The first-order valence-corrected chi connectivity index (χ1v) is 7.03. The van der Waals surface area contributed by atoms with Gasteiger partial charge in [-0.1, -0.05) is 6.07 Å². The Kier molecular flexibility index (Phi) is 5.75. The van der Waals surface area contributed by atoms with E-state index in [1.807, 2.05) is 0 Å². The van der Waals surface area contributed by atoms with Gasteiger partial charge >= 0.3 is 6.18 Å². The number of carbonyl (C=O) groups is 1. The number of hydrogen-bond donors (Lipinski definition) is 2. The molecule has 1 aromatic carbocycles. The first-order valence-electron chi connectivity index (χ1n) is 7.03. The van der Waals surface area contributed by atoms with Crippen molar-refractivity contribution >= 4 is 5.91 Å². The number of carbonyl (C=O) groups excluding carboxylic acids is 1. The molecule has 5 nitrogen and oxygen atoms in total. The van der Waals surface area contributed by atoms with Gasteiger partial charge in [0.2, 0.25) is 0 Å². The molecule has 0 aliphatic rings. The summed E-state index contributed by atoms with van der Waals surface area (Å²) < 4.78 is 42.5. The Hall–Kier alpha value is -2.61. The van der Waals surface area contributed by atoms with E-state index in [0.717, 1.165) is 12.1 Å². The highest BCUT2D eigenvalue weighted by atomic mass is 19.4. The van der Waals surface area contributed by atoms with E-state index in [0.29, 0.717) is 0 Å². The fourth-order valence-corrected chi connectivity index (χ4v) is 1.79. The molecular formula is C16H15F3N2O3. The second kappa shape index (κ2) is 7.78. The summed E-state index contributed by atoms with van der Waals surface area (Å²) in [6, 6.07) is 8.98. The van der Waals surface area contributed by atoms with Crippen molar-refractivity contribution in [3.63, 3.8) is 0 Å². The lowest BCUT2D eigenvalue weighted by molar-refractivity contribution is -0.137. The molecule has 0 saturated heterocycles. The lowest BCUT2D eigenvalue weighted by atomic mass is 10.2. The van der Waals surface area contributed by atoms with Crippen LogP contribution < -0.4 is 10.1 Å². The van der Waals surface area contributed by atoms with Gasteiger partial charge in [-0.05, 0) is 36.4 Å². The maximum Gasteiger partial charge on any atom is 0.416 e. The standard InChI is InChI=1S/C16H15F3N2O3/c17-16(18,19)11-4-6-13(7-5-11)24-10-12(22)9-21-15(23)14-3-1-2-8-20-14/h1-8,12,22H,9-10H2,(H,21,23). The van der Waals surface area contributed by atoms with E-state index in [2.05, 4.69) is 10.3 Å². The Morgan fingerprint density at radius 2 is 1.92 bits per heavy atom. The van der Waals surface area contributed by atoms with Crippen molar-refractivity contribution in [2.75, 3.05) is 13.2 Å². The summed E-state index contributed by atoms with van der Waals surface area (Å²) >= 11 is 0. The van der Waals surface area contributed by atoms with Crippen LogP contribution in [0.5, 0.6) is 5.75 Å². The summed E-state index contributed by atoms with van der Waals surface area (Å²) in [7, 11) is 0. The molecular weight excluding hydrogens is 325 g/mol. The van der Waals surface area contributed by atoms with Gasteiger partial charge in [0.15, 0.2) is 0 Å². The minimum absolute atomic E-state index is 0.0734. The molecule has 0 spiro atoms. The summed E-state index contributed by atoms with van der Waals surface area (Å²) in [5.41, 5.74) is -0.564. The van der Waals surface area contributed by atoms with E-state index in [9.17, 15) is 23.1 Å². The van der Waals surface area contributed by atoms with Crippen molar-refractivity contribution < 1.29 is 27.8 Å². The van der Waals surface area contributed by atoms with Crippen LogP contribution in [0.25, 0.3) is 0 Å². The van der Waals surface area contributed by atoms with Gasteiger partial charge in [0, 0.05) is 12.7 Å². The normalized spacial score (nSPS) is 12.5. The van der Waals surface area contributed by atoms with E-state index in [-0.39, 0.29) is 24.6 Å². The lowest BCUT2D eigenvalue weighted by Crippen LogP contribution is -2.35. The Morgan fingerprint density at radius 1 is 1.21 bits per heavy atom. The summed E-state index contributed by atoms with van der Waals surface area (Å²) in [4.78, 5) is 15.6. The Labute approximate surface area is 136 Å². The molecule has 2 aromatic rings. The molecule has 0 fully saturated rings. The van der Waals surface area contributed by atoms with Crippen LogP contribution >= 0.6 is 0 Å². The molecule has 0 radical (unpaired) electrons. The first-order chi connectivity index (χ1) is 11.4. The monoisotopic (exact) mass is 340 g/mol. The number of aliphatic hydroxyl groups excluding tert-OH is 1. The third-order valence-corrected chi connectivity index (χ3v) is 3.02. The predicted molar refractivity (Wildman–Crippen MR) is 79.5 cm³/mol. The summed E-state index contributed by atoms with van der Waals surface area (Å²) in [5, 5.41) is 12.2. The molecule has 2 rings (SSSR count). The molecule has 1 aromatic heterocycles. The summed E-state index contributed by atoms with van der Waals surface area (Å²) in [5.74, 6) is -0.248. The van der Waals surface area contributed by atoms with Gasteiger partial charge in [0.25, 0.3) is 5.91 Å². The zero-order valence-electron chi connectivity index (χ0n) is 12.5. The van der Waals surface area contributed by atoms with Crippen LogP contribution in [0.3, 0.4) is 0 Å². The molecule has 1 atom stereocenters. The third kappa shape index (κ3) is 5.24. The van der Waals surface area contributed by atoms with Crippen molar-refractivity contribution in [1.29, 1.82) is 0 Å². The highest BCUT2D eigenvalue weighted by Crippen LogP contribution is 2.30. The van der Waals surface area contributed by atoms with Gasteiger partial charge in [-0.2, -0.15) is 13.2 Å². The van der Waals surface area contributed by atoms with Crippen molar-refractivity contribution in [3.8, 4) is 5.75 Å². The fraction of sp³-hybridized carbons (Fsp3) is 0.250. The minimum Gasteiger partial charge on any atom is -0.491 e. The quantitative estimate of drug-likeness (QED) is 0.846. The average molecular weight is 340 g/mol. The topological polar surface area (TPSA) is 71.5 Å². The lowest BCUT2D eigenvalue weighted by Gasteiger charge is -2.14. The molecule has 1 heterocycles. The number of rotatable bonds is 6. The number of ether oxygens (including phenoxy) is 1. The minimum atomic E-state index is -4.41. The van der Waals surface area contributed by atoms with Crippen LogP contribution in [0.4, 0.5) is 13.2 Å². The molecule has 8 heteroatoms. The highest BCUT2D eigenvalue weighted by molar-refractivity contribution is 5.92. The number of amides is 1. The number of nitrogens with one attached hydrogen (secondary N) is 1. The summed E-state index contributed by atoms with van der Waals surface area (Å²) in [6.45, 7) is -0.246. The van der Waals surface area contributed by atoms with E-state index in [1.54, 1.807) is 12.1 Å². The van der Waals surface area contributed by atoms with E-state index >= 15 is 0 Å². The van der Waals surface area contributed by atoms with E-state index in [1.165, 1.54) is 24.4 Å². The second-order valence-electron chi connectivity index (χ2n) is 4.91. The van der Waals surface area contributed by atoms with Gasteiger partial charge in [-0.15, -0.1) is 0 Å². The molecule has 0 saturated carbocycles. The summed E-state index contributed by atoms with van der Waals surface area (Å²) in [6.07, 6.45) is -3.95. The number of alkyl halides is 3. The van der Waals surface area contributed by atoms with Gasteiger partial charge < -0.3 is 15.2 Å². The Balaban J connectivity index is 1.77. The molecule has 128 valence electrons. The van der Waals surface area contributed by atoms with Crippen LogP contribution in [-0.2, 0) is 6.18 Å². The van der Waals surface area contributed by atoms with Crippen molar-refractivity contribution in [1.82, 2.24) is 10.3 Å². The Bertz CT molecular complexity index is 661. The SMILES string of the molecule is O=C(NCC(O)COc1ccc(C(F)(F)F)cc1)c1ccccn1.